The third-order valence-corrected chi connectivity index (χ3v) is 4.35. The number of hydrogen-bond acceptors (Lipinski definition) is 5. The molecule has 1 aromatic carbocycles. The molecule has 0 radical (unpaired) electrons. The number of likely N-dealkylation sites (tertiary alicyclic amines) is 1. The molecule has 0 atom stereocenters. The number of nitrogen functional groups attached to an aromatic ring is 1. The Bertz CT molecular complexity index is 766. The molecular weight excluding hydrogens is 360 g/mol. The van der Waals surface area contributed by atoms with Gasteiger partial charge in [-0.15, -0.1) is 0 Å². The fourth-order valence-corrected chi connectivity index (χ4v) is 3.15. The Morgan fingerprint density at radius 1 is 1.35 bits per heavy atom. The van der Waals surface area contributed by atoms with Crippen molar-refractivity contribution >= 4 is 38.7 Å². The first-order valence-electron chi connectivity index (χ1n) is 7.42. The molecule has 2 aromatic rings. The first kappa shape index (κ1) is 16.0. The lowest BCUT2D eigenvalue weighted by Gasteiger charge is -2.40. The number of ether oxygens (including phenoxy) is 1. The van der Waals surface area contributed by atoms with Crippen molar-refractivity contribution in [2.75, 3.05) is 18.8 Å². The van der Waals surface area contributed by atoms with Crippen LogP contribution in [0.25, 0.3) is 10.9 Å². The zero-order valence-corrected chi connectivity index (χ0v) is 14.9. The Balaban J connectivity index is 1.77. The Morgan fingerprint density at radius 2 is 2.04 bits per heavy atom. The predicted octanol–water partition coefficient (Wildman–Crippen LogP) is 3.31. The number of halogens is 1. The number of nitrogens with zero attached hydrogens (tertiary/aromatic N) is 3. The molecule has 1 amide bonds. The molecule has 2 N–H and O–H groups in total. The van der Waals surface area contributed by atoms with Crippen molar-refractivity contribution in [2.45, 2.75) is 32.3 Å². The number of carbonyl (C=O) groups is 1. The Kier molecular flexibility index (Phi) is 3.91. The van der Waals surface area contributed by atoms with Gasteiger partial charge in [0.25, 0.3) is 0 Å². The van der Waals surface area contributed by atoms with Gasteiger partial charge < -0.3 is 15.4 Å². The summed E-state index contributed by atoms with van der Waals surface area (Å²) in [6, 6.07) is 4.04. The van der Waals surface area contributed by atoms with E-state index >= 15 is 0 Å². The van der Waals surface area contributed by atoms with Gasteiger partial charge >= 0.3 is 6.09 Å². The van der Waals surface area contributed by atoms with E-state index in [1.807, 2.05) is 32.9 Å². The average Bonchev–Trinajstić information content (AvgIpc) is 2.36. The minimum absolute atomic E-state index is 0.267. The minimum atomic E-state index is -0.472. The van der Waals surface area contributed by atoms with Crippen LogP contribution in [0.5, 0.6) is 0 Å². The molecule has 23 heavy (non-hydrogen) atoms. The van der Waals surface area contributed by atoms with Gasteiger partial charge in [-0.2, -0.15) is 0 Å². The second kappa shape index (κ2) is 5.63. The van der Waals surface area contributed by atoms with Crippen LogP contribution in [0.2, 0.25) is 0 Å². The fourth-order valence-electron chi connectivity index (χ4n) is 2.57. The number of rotatable bonds is 1. The lowest BCUT2D eigenvalue weighted by atomic mass is 9.91. The van der Waals surface area contributed by atoms with Crippen LogP contribution in [-0.2, 0) is 4.74 Å². The van der Waals surface area contributed by atoms with E-state index in [0.29, 0.717) is 18.9 Å². The largest absolute Gasteiger partial charge is 0.444 e. The molecule has 7 heteroatoms. The topological polar surface area (TPSA) is 81.3 Å². The van der Waals surface area contributed by atoms with Crippen LogP contribution in [-0.4, -0.2) is 39.7 Å². The maximum Gasteiger partial charge on any atom is 0.410 e. The van der Waals surface area contributed by atoms with Gasteiger partial charge in [0.1, 0.15) is 17.7 Å². The van der Waals surface area contributed by atoms with Crippen LogP contribution in [0, 0.1) is 0 Å². The van der Waals surface area contributed by atoms with Gasteiger partial charge in [-0.05, 0) is 54.4 Å². The SMILES string of the molecule is CC(C)(C)OC(=O)N1CC(c2cc(Br)c3ncnc(N)c3c2)C1. The van der Waals surface area contributed by atoms with E-state index in [1.54, 1.807) is 4.90 Å². The highest BCUT2D eigenvalue weighted by Crippen LogP contribution is 2.34. The summed E-state index contributed by atoms with van der Waals surface area (Å²) < 4.78 is 6.26. The van der Waals surface area contributed by atoms with E-state index in [1.165, 1.54) is 6.33 Å². The minimum Gasteiger partial charge on any atom is -0.444 e. The average molecular weight is 379 g/mol. The van der Waals surface area contributed by atoms with E-state index in [-0.39, 0.29) is 12.0 Å². The summed E-state index contributed by atoms with van der Waals surface area (Å²) in [6.07, 6.45) is 1.19. The summed E-state index contributed by atoms with van der Waals surface area (Å²) in [6.45, 7) is 6.88. The van der Waals surface area contributed by atoms with E-state index in [2.05, 4.69) is 25.9 Å². The molecule has 1 aromatic heterocycles. The number of carbonyl (C=O) groups excluding carboxylic acids is 1. The number of benzene rings is 1. The van der Waals surface area contributed by atoms with Gasteiger partial charge in [-0.25, -0.2) is 14.8 Å². The summed E-state index contributed by atoms with van der Waals surface area (Å²) in [7, 11) is 0. The quantitative estimate of drug-likeness (QED) is 0.822. The standard InChI is InChI=1S/C16H19BrN4O2/c1-16(2,3)23-15(22)21-6-10(7-21)9-4-11-13(12(17)5-9)19-8-20-14(11)18/h4-5,8,10H,6-7H2,1-3H3,(H2,18,19,20). The first-order chi connectivity index (χ1) is 10.7. The maximum atomic E-state index is 12.0. The normalized spacial score (nSPS) is 15.6. The van der Waals surface area contributed by atoms with Crippen molar-refractivity contribution in [1.29, 1.82) is 0 Å². The number of anilines is 1. The molecule has 1 fully saturated rings. The number of amides is 1. The van der Waals surface area contributed by atoms with Gasteiger partial charge in [0.15, 0.2) is 0 Å². The van der Waals surface area contributed by atoms with Gasteiger partial charge in [0, 0.05) is 28.9 Å². The van der Waals surface area contributed by atoms with Gasteiger partial charge in [-0.1, -0.05) is 0 Å². The van der Waals surface area contributed by atoms with Gasteiger partial charge in [0.05, 0.1) is 5.52 Å². The molecule has 1 aliphatic heterocycles. The van der Waals surface area contributed by atoms with Crippen LogP contribution in [0.15, 0.2) is 22.9 Å². The number of hydrogen-bond donors (Lipinski definition) is 1. The molecule has 3 rings (SSSR count). The van der Waals surface area contributed by atoms with Crippen molar-refractivity contribution in [1.82, 2.24) is 14.9 Å². The molecule has 1 saturated heterocycles. The summed E-state index contributed by atoms with van der Waals surface area (Å²) in [5.74, 6) is 0.726. The molecule has 0 saturated carbocycles. The van der Waals surface area contributed by atoms with Crippen LogP contribution in [0.1, 0.15) is 32.3 Å². The highest BCUT2D eigenvalue weighted by Gasteiger charge is 2.34. The lowest BCUT2D eigenvalue weighted by Crippen LogP contribution is -2.50. The Morgan fingerprint density at radius 3 is 2.70 bits per heavy atom. The molecular formula is C16H19BrN4O2. The van der Waals surface area contributed by atoms with Crippen LogP contribution in [0.3, 0.4) is 0 Å². The number of fused-ring (bicyclic) bond motifs is 1. The third kappa shape index (κ3) is 3.24. The summed E-state index contributed by atoms with van der Waals surface area (Å²) in [5.41, 5.74) is 7.38. The number of aromatic nitrogens is 2. The highest BCUT2D eigenvalue weighted by atomic mass is 79.9. The Labute approximate surface area is 143 Å². The summed E-state index contributed by atoms with van der Waals surface area (Å²) in [5, 5.41) is 0.826. The molecule has 0 spiro atoms. The zero-order chi connectivity index (χ0) is 16.8. The first-order valence-corrected chi connectivity index (χ1v) is 8.21. The van der Waals surface area contributed by atoms with Crippen LogP contribution >= 0.6 is 15.9 Å². The monoisotopic (exact) mass is 378 g/mol. The molecule has 6 nitrogen and oxygen atoms in total. The van der Waals surface area contributed by atoms with E-state index in [0.717, 1.165) is 20.9 Å². The van der Waals surface area contributed by atoms with E-state index in [4.69, 9.17) is 10.5 Å². The molecule has 122 valence electrons. The second-order valence-electron chi connectivity index (χ2n) is 6.74. The van der Waals surface area contributed by atoms with E-state index in [9.17, 15) is 4.79 Å². The van der Waals surface area contributed by atoms with E-state index < -0.39 is 5.60 Å². The van der Waals surface area contributed by atoms with Gasteiger partial charge in [0.2, 0.25) is 0 Å². The third-order valence-electron chi connectivity index (χ3n) is 3.75. The highest BCUT2D eigenvalue weighted by molar-refractivity contribution is 9.10. The molecule has 0 aliphatic carbocycles. The van der Waals surface area contributed by atoms with Crippen molar-refractivity contribution in [3.05, 3.63) is 28.5 Å². The van der Waals surface area contributed by atoms with Gasteiger partial charge in [-0.3, -0.25) is 0 Å². The molecule has 0 bridgehead atoms. The fraction of sp³-hybridized carbons (Fsp3) is 0.438. The van der Waals surface area contributed by atoms with Crippen molar-refractivity contribution in [3.8, 4) is 0 Å². The van der Waals surface area contributed by atoms with Crippen molar-refractivity contribution in [2.24, 2.45) is 0 Å². The second-order valence-corrected chi connectivity index (χ2v) is 7.59. The summed E-state index contributed by atoms with van der Waals surface area (Å²) in [4.78, 5) is 22.0. The maximum absolute atomic E-state index is 12.0. The lowest BCUT2D eigenvalue weighted by molar-refractivity contribution is 0.00820. The summed E-state index contributed by atoms with van der Waals surface area (Å²) >= 11 is 3.54. The van der Waals surface area contributed by atoms with Crippen LogP contribution < -0.4 is 5.73 Å². The zero-order valence-electron chi connectivity index (χ0n) is 13.3. The molecule has 0 unspecified atom stereocenters. The number of nitrogens with two attached hydrogens (primary N) is 1. The predicted molar refractivity (Wildman–Crippen MR) is 92.2 cm³/mol. The van der Waals surface area contributed by atoms with Crippen molar-refractivity contribution in [3.63, 3.8) is 0 Å². The molecule has 2 heterocycles. The van der Waals surface area contributed by atoms with Crippen LogP contribution in [0.4, 0.5) is 10.6 Å². The Hall–Kier alpha value is -1.89. The molecule has 1 aliphatic rings. The van der Waals surface area contributed by atoms with Crippen molar-refractivity contribution < 1.29 is 9.53 Å². The smallest absolute Gasteiger partial charge is 0.410 e.